The van der Waals surface area contributed by atoms with Gasteiger partial charge in [-0.3, -0.25) is 0 Å². The van der Waals surface area contributed by atoms with Crippen molar-refractivity contribution in [1.29, 1.82) is 0 Å². The highest BCUT2D eigenvalue weighted by Gasteiger charge is 2.20. The molecular weight excluding hydrogens is 214 g/mol. The fourth-order valence-electron chi connectivity index (χ4n) is 1.69. The highest BCUT2D eigenvalue weighted by atomic mass is 32.1. The van der Waals surface area contributed by atoms with Gasteiger partial charge >= 0.3 is 0 Å². The van der Waals surface area contributed by atoms with Crippen LogP contribution in [0, 0.1) is 12.8 Å². The van der Waals surface area contributed by atoms with Crippen LogP contribution >= 0.6 is 11.3 Å². The number of nitrogens with one attached hydrogen (secondary N) is 1. The van der Waals surface area contributed by atoms with Gasteiger partial charge < -0.3 is 5.32 Å². The van der Waals surface area contributed by atoms with Gasteiger partial charge in [-0.2, -0.15) is 0 Å². The fraction of sp³-hybridized carbons (Fsp3) is 0.571. The summed E-state index contributed by atoms with van der Waals surface area (Å²) in [4.78, 5) is 2.78. The molecule has 2 heteroatoms. The Hall–Kier alpha value is -0.600. The van der Waals surface area contributed by atoms with Gasteiger partial charge in [0.15, 0.2) is 0 Å². The first kappa shape index (κ1) is 11.9. The Kier molecular flexibility index (Phi) is 3.82. The average Bonchev–Trinajstić information content (AvgIpc) is 2.96. The molecule has 1 fully saturated rings. The lowest BCUT2D eigenvalue weighted by molar-refractivity contribution is 0.663. The maximum absolute atomic E-state index is 3.60. The highest BCUT2D eigenvalue weighted by molar-refractivity contribution is 7.12. The van der Waals surface area contributed by atoms with Gasteiger partial charge in [0.2, 0.25) is 0 Å². The van der Waals surface area contributed by atoms with Crippen LogP contribution in [0.5, 0.6) is 0 Å². The number of hydrogen-bond donors (Lipinski definition) is 1. The zero-order chi connectivity index (χ0) is 11.5. The second kappa shape index (κ2) is 5.15. The van der Waals surface area contributed by atoms with Crippen molar-refractivity contribution >= 4 is 17.4 Å². The monoisotopic (exact) mass is 235 g/mol. The Labute approximate surface area is 103 Å². The minimum Gasteiger partial charge on any atom is -0.310 e. The molecule has 1 aliphatic carbocycles. The number of aryl methyl sites for hydroxylation is 1. The van der Waals surface area contributed by atoms with E-state index in [4.69, 9.17) is 0 Å². The molecule has 1 aromatic rings. The van der Waals surface area contributed by atoms with Crippen molar-refractivity contribution in [3.8, 4) is 0 Å². The average molecular weight is 235 g/mol. The molecule has 0 bridgehead atoms. The molecule has 1 heterocycles. The Morgan fingerprint density at radius 2 is 2.25 bits per heavy atom. The van der Waals surface area contributed by atoms with E-state index in [-0.39, 0.29) is 0 Å². The van der Waals surface area contributed by atoms with Gasteiger partial charge in [0, 0.05) is 22.3 Å². The molecule has 0 aromatic carbocycles. The maximum Gasteiger partial charge on any atom is 0.0273 e. The van der Waals surface area contributed by atoms with Crippen LogP contribution in [0.15, 0.2) is 17.7 Å². The molecule has 0 amide bonds. The van der Waals surface area contributed by atoms with Crippen LogP contribution < -0.4 is 5.32 Å². The van der Waals surface area contributed by atoms with Crippen LogP contribution in [0.1, 0.15) is 36.4 Å². The second-order valence-electron chi connectivity index (χ2n) is 4.98. The van der Waals surface area contributed by atoms with Crippen molar-refractivity contribution in [2.24, 2.45) is 5.92 Å². The predicted octanol–water partition coefficient (Wildman–Crippen LogP) is 3.85. The normalized spacial score (nSPS) is 17.1. The molecule has 0 spiro atoms. The molecule has 88 valence electrons. The topological polar surface area (TPSA) is 12.0 Å². The van der Waals surface area contributed by atoms with Gasteiger partial charge in [-0.05, 0) is 43.9 Å². The summed E-state index contributed by atoms with van der Waals surface area (Å²) in [5.41, 5.74) is 1.52. The first-order chi connectivity index (χ1) is 7.65. The summed E-state index contributed by atoms with van der Waals surface area (Å²) >= 11 is 1.88. The van der Waals surface area contributed by atoms with Crippen molar-refractivity contribution in [1.82, 2.24) is 5.32 Å². The van der Waals surface area contributed by atoms with Crippen LogP contribution in [0.3, 0.4) is 0 Å². The lowest BCUT2D eigenvalue weighted by atomic mass is 10.0. The van der Waals surface area contributed by atoms with E-state index in [1.165, 1.54) is 28.2 Å². The molecule has 0 saturated heterocycles. The summed E-state index contributed by atoms with van der Waals surface area (Å²) in [5.74, 6) is 0.633. The van der Waals surface area contributed by atoms with Crippen LogP contribution in [-0.4, -0.2) is 12.6 Å². The van der Waals surface area contributed by atoms with Crippen LogP contribution in [0.4, 0.5) is 0 Å². The summed E-state index contributed by atoms with van der Waals surface area (Å²) in [6.07, 6.45) is 5.09. The summed E-state index contributed by atoms with van der Waals surface area (Å²) < 4.78 is 0. The van der Waals surface area contributed by atoms with Crippen molar-refractivity contribution in [3.05, 3.63) is 27.5 Å². The molecule has 1 aliphatic rings. The number of hydrogen-bond acceptors (Lipinski definition) is 2. The highest BCUT2D eigenvalue weighted by Crippen LogP contribution is 2.23. The molecule has 2 rings (SSSR count). The van der Waals surface area contributed by atoms with E-state index in [1.807, 2.05) is 11.3 Å². The van der Waals surface area contributed by atoms with E-state index in [2.05, 4.69) is 44.3 Å². The van der Waals surface area contributed by atoms with Gasteiger partial charge in [0.25, 0.3) is 0 Å². The summed E-state index contributed by atoms with van der Waals surface area (Å²) in [5, 5.41) is 3.60. The van der Waals surface area contributed by atoms with Crippen molar-refractivity contribution in [2.75, 3.05) is 6.54 Å². The van der Waals surface area contributed by atoms with Gasteiger partial charge in [0.05, 0.1) is 0 Å². The summed E-state index contributed by atoms with van der Waals surface area (Å²) in [6.45, 7) is 7.78. The number of rotatable bonds is 5. The third kappa shape index (κ3) is 3.46. The quantitative estimate of drug-likeness (QED) is 0.817. The molecule has 1 N–H and O–H groups in total. The lowest BCUT2D eigenvalue weighted by Crippen LogP contribution is -2.21. The van der Waals surface area contributed by atoms with Crippen LogP contribution in [-0.2, 0) is 0 Å². The number of thiophene rings is 1. The van der Waals surface area contributed by atoms with E-state index in [0.29, 0.717) is 5.92 Å². The fourth-order valence-corrected chi connectivity index (χ4v) is 2.54. The Balaban J connectivity index is 2.01. The summed E-state index contributed by atoms with van der Waals surface area (Å²) in [7, 11) is 0. The zero-order valence-corrected chi connectivity index (χ0v) is 11.2. The van der Waals surface area contributed by atoms with Crippen LogP contribution in [0.2, 0.25) is 0 Å². The largest absolute Gasteiger partial charge is 0.310 e. The molecule has 16 heavy (non-hydrogen) atoms. The van der Waals surface area contributed by atoms with Gasteiger partial charge in [-0.1, -0.05) is 19.4 Å². The Morgan fingerprint density at radius 1 is 1.50 bits per heavy atom. The smallest absolute Gasteiger partial charge is 0.0273 e. The predicted molar refractivity (Wildman–Crippen MR) is 72.9 cm³/mol. The maximum atomic E-state index is 3.60. The van der Waals surface area contributed by atoms with Crippen molar-refractivity contribution < 1.29 is 0 Å². The van der Waals surface area contributed by atoms with E-state index in [9.17, 15) is 0 Å². The summed E-state index contributed by atoms with van der Waals surface area (Å²) in [6, 6.07) is 5.22. The van der Waals surface area contributed by atoms with Gasteiger partial charge in [-0.25, -0.2) is 0 Å². The van der Waals surface area contributed by atoms with Crippen LogP contribution in [0.25, 0.3) is 6.08 Å². The lowest BCUT2D eigenvalue weighted by Gasteiger charge is -2.12. The molecule has 0 radical (unpaired) electrons. The van der Waals surface area contributed by atoms with Gasteiger partial charge in [0.1, 0.15) is 0 Å². The van der Waals surface area contributed by atoms with Crippen molar-refractivity contribution in [2.45, 2.75) is 39.7 Å². The van der Waals surface area contributed by atoms with E-state index < -0.39 is 0 Å². The molecule has 1 saturated carbocycles. The van der Waals surface area contributed by atoms with Gasteiger partial charge in [-0.15, -0.1) is 11.3 Å². The molecule has 1 aromatic heterocycles. The minimum atomic E-state index is 0.633. The van der Waals surface area contributed by atoms with E-state index in [0.717, 1.165) is 12.6 Å². The Morgan fingerprint density at radius 3 is 2.75 bits per heavy atom. The zero-order valence-electron chi connectivity index (χ0n) is 10.4. The molecule has 0 aliphatic heterocycles. The minimum absolute atomic E-state index is 0.633. The molecule has 0 unspecified atom stereocenters. The first-order valence-electron chi connectivity index (χ1n) is 6.15. The van der Waals surface area contributed by atoms with E-state index >= 15 is 0 Å². The molecular formula is C14H21NS. The third-order valence-electron chi connectivity index (χ3n) is 3.00. The van der Waals surface area contributed by atoms with Crippen molar-refractivity contribution in [3.63, 3.8) is 0 Å². The SMILES string of the molecule is Cc1ccc(C=C(CNC2CC2)C(C)C)s1. The standard InChI is InChI=1S/C14H21NS/c1-10(2)12(9-15-13-5-6-13)8-14-7-4-11(3)16-14/h4,7-8,10,13,15H,5-6,9H2,1-3H3. The van der Waals surface area contributed by atoms with E-state index in [1.54, 1.807) is 0 Å². The molecule has 1 nitrogen and oxygen atoms in total. The third-order valence-corrected chi connectivity index (χ3v) is 3.95. The first-order valence-corrected chi connectivity index (χ1v) is 6.97. The Bertz CT molecular complexity index is 372. The molecule has 0 atom stereocenters. The second-order valence-corrected chi connectivity index (χ2v) is 6.30.